The molecular formula is C11H14INO4. The van der Waals surface area contributed by atoms with Crippen LogP contribution in [0.25, 0.3) is 0 Å². The van der Waals surface area contributed by atoms with Crippen LogP contribution in [0.4, 0.5) is 0 Å². The van der Waals surface area contributed by atoms with E-state index in [-0.39, 0.29) is 5.69 Å². The summed E-state index contributed by atoms with van der Waals surface area (Å²) in [6.45, 7) is 1.68. The highest BCUT2D eigenvalue weighted by atomic mass is 127. The van der Waals surface area contributed by atoms with Gasteiger partial charge < -0.3 is 19.1 Å². The van der Waals surface area contributed by atoms with Gasteiger partial charge in [-0.05, 0) is 28.7 Å². The average Bonchev–Trinajstić information content (AvgIpc) is 2.87. The lowest BCUT2D eigenvalue weighted by molar-refractivity contribution is -0.0299. The monoisotopic (exact) mass is 351 g/mol. The molecule has 1 aromatic heterocycles. The van der Waals surface area contributed by atoms with E-state index in [1.165, 1.54) is 0 Å². The Hall–Kier alpha value is -0.600. The molecule has 6 heteroatoms. The van der Waals surface area contributed by atoms with Gasteiger partial charge in [0.15, 0.2) is 0 Å². The number of aromatic carboxylic acids is 1. The van der Waals surface area contributed by atoms with E-state index in [9.17, 15) is 4.79 Å². The molecule has 1 N–H and O–H groups in total. The fourth-order valence-corrected chi connectivity index (χ4v) is 2.66. The molecule has 2 heterocycles. The summed E-state index contributed by atoms with van der Waals surface area (Å²) in [5, 5.41) is 9.11. The quantitative estimate of drug-likeness (QED) is 0.838. The SMILES string of the molecule is COC1(Cn2cc(I)cc2C(=O)O)CCOC1. The number of methoxy groups -OCH3 is 1. The minimum Gasteiger partial charge on any atom is -0.477 e. The van der Waals surface area contributed by atoms with Gasteiger partial charge >= 0.3 is 5.97 Å². The lowest BCUT2D eigenvalue weighted by atomic mass is 10.0. The van der Waals surface area contributed by atoms with E-state index in [4.69, 9.17) is 14.6 Å². The molecule has 0 radical (unpaired) electrons. The van der Waals surface area contributed by atoms with Crippen molar-refractivity contribution in [1.82, 2.24) is 4.57 Å². The maximum Gasteiger partial charge on any atom is 0.352 e. The Bertz CT molecular complexity index is 423. The molecule has 1 fully saturated rings. The van der Waals surface area contributed by atoms with Crippen molar-refractivity contribution in [2.75, 3.05) is 20.3 Å². The van der Waals surface area contributed by atoms with Gasteiger partial charge in [0.2, 0.25) is 0 Å². The zero-order valence-electron chi connectivity index (χ0n) is 9.48. The first-order chi connectivity index (χ1) is 8.06. The standard InChI is InChI=1S/C11H14INO4/c1-16-11(2-3-17-7-11)6-13-5-8(12)4-9(13)10(14)15/h4-5H,2-3,6-7H2,1H3,(H,14,15). The molecule has 1 aromatic rings. The van der Waals surface area contributed by atoms with Gasteiger partial charge in [-0.3, -0.25) is 0 Å². The fourth-order valence-electron chi connectivity index (χ4n) is 2.03. The van der Waals surface area contributed by atoms with Crippen molar-refractivity contribution in [3.8, 4) is 0 Å². The number of carbonyl (C=O) groups is 1. The van der Waals surface area contributed by atoms with Crippen molar-refractivity contribution in [3.63, 3.8) is 0 Å². The molecule has 1 aliphatic rings. The molecule has 0 amide bonds. The normalized spacial score (nSPS) is 24.1. The summed E-state index contributed by atoms with van der Waals surface area (Å²) in [4.78, 5) is 11.1. The van der Waals surface area contributed by atoms with Gasteiger partial charge in [0, 0.05) is 29.9 Å². The molecule has 0 aromatic carbocycles. The molecule has 0 spiro atoms. The zero-order chi connectivity index (χ0) is 12.5. The van der Waals surface area contributed by atoms with E-state index in [0.29, 0.717) is 19.8 Å². The second-order valence-electron chi connectivity index (χ2n) is 4.17. The van der Waals surface area contributed by atoms with Crippen molar-refractivity contribution in [2.45, 2.75) is 18.6 Å². The number of ether oxygens (including phenoxy) is 2. The molecule has 17 heavy (non-hydrogen) atoms. The van der Waals surface area contributed by atoms with Crippen molar-refractivity contribution >= 4 is 28.6 Å². The summed E-state index contributed by atoms with van der Waals surface area (Å²) in [5.74, 6) is -0.918. The molecule has 1 aliphatic heterocycles. The third-order valence-corrected chi connectivity index (χ3v) is 3.63. The van der Waals surface area contributed by atoms with Crippen LogP contribution in [-0.2, 0) is 16.0 Å². The number of halogens is 1. The largest absolute Gasteiger partial charge is 0.477 e. The zero-order valence-corrected chi connectivity index (χ0v) is 11.6. The third-order valence-electron chi connectivity index (χ3n) is 3.04. The minimum absolute atomic E-state index is 0.290. The summed E-state index contributed by atoms with van der Waals surface area (Å²) in [6, 6.07) is 1.65. The first kappa shape index (κ1) is 12.8. The molecule has 0 aliphatic carbocycles. The number of hydrogen-bond donors (Lipinski definition) is 1. The maximum absolute atomic E-state index is 11.1. The molecule has 94 valence electrons. The van der Waals surface area contributed by atoms with Gasteiger partial charge in [0.1, 0.15) is 11.3 Å². The highest BCUT2D eigenvalue weighted by Gasteiger charge is 2.36. The molecular weight excluding hydrogens is 337 g/mol. The molecule has 2 rings (SSSR count). The molecule has 5 nitrogen and oxygen atoms in total. The Morgan fingerprint density at radius 3 is 3.06 bits per heavy atom. The van der Waals surface area contributed by atoms with Crippen LogP contribution in [0.2, 0.25) is 0 Å². The molecule has 0 saturated carbocycles. The van der Waals surface area contributed by atoms with E-state index in [2.05, 4.69) is 22.6 Å². The van der Waals surface area contributed by atoms with Crippen LogP contribution in [0, 0.1) is 3.57 Å². The van der Waals surface area contributed by atoms with Gasteiger partial charge in [-0.15, -0.1) is 0 Å². The lowest BCUT2D eigenvalue weighted by Gasteiger charge is -2.26. The van der Waals surface area contributed by atoms with E-state index >= 15 is 0 Å². The lowest BCUT2D eigenvalue weighted by Crippen LogP contribution is -2.37. The second-order valence-corrected chi connectivity index (χ2v) is 5.41. The smallest absolute Gasteiger partial charge is 0.352 e. The number of carboxylic acids is 1. The Balaban J connectivity index is 2.25. The Morgan fingerprint density at radius 2 is 2.53 bits per heavy atom. The van der Waals surface area contributed by atoms with Gasteiger partial charge in [0.05, 0.1) is 13.2 Å². The van der Waals surface area contributed by atoms with Crippen molar-refractivity contribution in [3.05, 3.63) is 21.5 Å². The van der Waals surface area contributed by atoms with Gasteiger partial charge in [0.25, 0.3) is 0 Å². The summed E-state index contributed by atoms with van der Waals surface area (Å²) in [6.07, 6.45) is 2.61. The Morgan fingerprint density at radius 1 is 1.76 bits per heavy atom. The van der Waals surface area contributed by atoms with Gasteiger partial charge in [-0.25, -0.2) is 4.79 Å². The highest BCUT2D eigenvalue weighted by Crippen LogP contribution is 2.26. The molecule has 1 atom stereocenters. The second kappa shape index (κ2) is 4.95. The predicted octanol–water partition coefficient (Wildman–Crippen LogP) is 1.60. The topological polar surface area (TPSA) is 60.7 Å². The van der Waals surface area contributed by atoms with E-state index < -0.39 is 11.6 Å². The predicted molar refractivity (Wildman–Crippen MR) is 69.3 cm³/mol. The number of hydrogen-bond acceptors (Lipinski definition) is 3. The molecule has 1 unspecified atom stereocenters. The van der Waals surface area contributed by atoms with Crippen molar-refractivity contribution < 1.29 is 19.4 Å². The Labute approximate surface area is 113 Å². The maximum atomic E-state index is 11.1. The summed E-state index contributed by atoms with van der Waals surface area (Å²) < 4.78 is 13.5. The van der Waals surface area contributed by atoms with E-state index in [1.807, 2.05) is 6.20 Å². The van der Waals surface area contributed by atoms with Gasteiger partial charge in [-0.2, -0.15) is 0 Å². The summed E-state index contributed by atoms with van der Waals surface area (Å²) in [5.41, 5.74) is -0.107. The van der Waals surface area contributed by atoms with E-state index in [0.717, 1.165) is 9.99 Å². The third kappa shape index (κ3) is 2.63. The van der Waals surface area contributed by atoms with E-state index in [1.54, 1.807) is 17.7 Å². The number of carboxylic acid groups (broad SMARTS) is 1. The van der Waals surface area contributed by atoms with Crippen LogP contribution in [0.1, 0.15) is 16.9 Å². The van der Waals surface area contributed by atoms with Crippen LogP contribution in [0.3, 0.4) is 0 Å². The Kier molecular flexibility index (Phi) is 3.74. The van der Waals surface area contributed by atoms with Crippen LogP contribution < -0.4 is 0 Å². The number of aromatic nitrogens is 1. The molecule has 0 bridgehead atoms. The van der Waals surface area contributed by atoms with Crippen LogP contribution in [0.15, 0.2) is 12.3 Å². The number of nitrogens with zero attached hydrogens (tertiary/aromatic N) is 1. The van der Waals surface area contributed by atoms with Crippen LogP contribution >= 0.6 is 22.6 Å². The van der Waals surface area contributed by atoms with Crippen molar-refractivity contribution in [1.29, 1.82) is 0 Å². The summed E-state index contributed by atoms with van der Waals surface area (Å²) >= 11 is 2.11. The van der Waals surface area contributed by atoms with Crippen molar-refractivity contribution in [2.24, 2.45) is 0 Å². The van der Waals surface area contributed by atoms with Crippen LogP contribution in [-0.4, -0.2) is 41.6 Å². The minimum atomic E-state index is -0.918. The first-order valence-corrected chi connectivity index (χ1v) is 6.36. The fraction of sp³-hybridized carbons (Fsp3) is 0.545. The molecule has 1 saturated heterocycles. The average molecular weight is 351 g/mol. The number of rotatable bonds is 4. The first-order valence-electron chi connectivity index (χ1n) is 5.28. The van der Waals surface area contributed by atoms with Gasteiger partial charge in [-0.1, -0.05) is 0 Å². The highest BCUT2D eigenvalue weighted by molar-refractivity contribution is 14.1. The summed E-state index contributed by atoms with van der Waals surface area (Å²) in [7, 11) is 1.64. The van der Waals surface area contributed by atoms with Crippen LogP contribution in [0.5, 0.6) is 0 Å².